The van der Waals surface area contributed by atoms with Crippen molar-refractivity contribution in [2.45, 2.75) is 13.5 Å². The first kappa shape index (κ1) is 13.9. The number of hydrogen-bond donors (Lipinski definition) is 1. The molecule has 0 unspecified atom stereocenters. The largest absolute Gasteiger partial charge is 0.494 e. The summed E-state index contributed by atoms with van der Waals surface area (Å²) in [6.07, 6.45) is 0. The molecule has 0 amide bonds. The Kier molecular flexibility index (Phi) is 4.80. The van der Waals surface area contributed by atoms with Crippen LogP contribution in [0.25, 0.3) is 0 Å². The van der Waals surface area contributed by atoms with Gasteiger partial charge in [0.2, 0.25) is 0 Å². The van der Waals surface area contributed by atoms with Gasteiger partial charge in [0.25, 0.3) is 0 Å². The van der Waals surface area contributed by atoms with E-state index in [4.69, 9.17) is 4.74 Å². The first-order chi connectivity index (χ1) is 9.19. The number of benzene rings is 2. The summed E-state index contributed by atoms with van der Waals surface area (Å²) >= 11 is 3.41. The SMILES string of the molecule is CCOc1cccc(NCc2cc(F)ccc2Br)c1. The molecule has 0 fully saturated rings. The molecule has 4 heteroatoms. The third-order valence-corrected chi connectivity index (χ3v) is 3.41. The minimum Gasteiger partial charge on any atom is -0.494 e. The molecule has 1 N–H and O–H groups in total. The van der Waals surface area contributed by atoms with E-state index in [9.17, 15) is 4.39 Å². The molecule has 19 heavy (non-hydrogen) atoms. The standard InChI is InChI=1S/C15H15BrFNO/c1-2-19-14-5-3-4-13(9-14)18-10-11-8-12(17)6-7-15(11)16/h3-9,18H,2,10H2,1H3. The van der Waals surface area contributed by atoms with Crippen molar-refractivity contribution in [2.24, 2.45) is 0 Å². The summed E-state index contributed by atoms with van der Waals surface area (Å²) in [7, 11) is 0. The summed E-state index contributed by atoms with van der Waals surface area (Å²) in [6, 6.07) is 12.4. The molecule has 0 atom stereocenters. The number of anilines is 1. The predicted molar refractivity (Wildman–Crippen MR) is 79.0 cm³/mol. The summed E-state index contributed by atoms with van der Waals surface area (Å²) in [5, 5.41) is 3.25. The zero-order chi connectivity index (χ0) is 13.7. The number of rotatable bonds is 5. The summed E-state index contributed by atoms with van der Waals surface area (Å²) in [5.74, 6) is 0.592. The minimum absolute atomic E-state index is 0.233. The highest BCUT2D eigenvalue weighted by molar-refractivity contribution is 9.10. The van der Waals surface area contributed by atoms with Crippen molar-refractivity contribution in [1.29, 1.82) is 0 Å². The second-order valence-corrected chi connectivity index (χ2v) is 4.90. The van der Waals surface area contributed by atoms with Gasteiger partial charge >= 0.3 is 0 Å². The molecular formula is C15H15BrFNO. The molecule has 2 nitrogen and oxygen atoms in total. The maximum absolute atomic E-state index is 13.2. The highest BCUT2D eigenvalue weighted by atomic mass is 79.9. The molecule has 0 spiro atoms. The van der Waals surface area contributed by atoms with Crippen LogP contribution in [0.3, 0.4) is 0 Å². The Morgan fingerprint density at radius 1 is 1.21 bits per heavy atom. The van der Waals surface area contributed by atoms with Crippen LogP contribution in [0.2, 0.25) is 0 Å². The second kappa shape index (κ2) is 6.57. The molecular weight excluding hydrogens is 309 g/mol. The van der Waals surface area contributed by atoms with Gasteiger partial charge in [-0.1, -0.05) is 22.0 Å². The zero-order valence-corrected chi connectivity index (χ0v) is 12.2. The van der Waals surface area contributed by atoms with Crippen molar-refractivity contribution >= 4 is 21.6 Å². The van der Waals surface area contributed by atoms with Crippen LogP contribution < -0.4 is 10.1 Å². The van der Waals surface area contributed by atoms with Crippen molar-refractivity contribution in [3.05, 3.63) is 58.3 Å². The van der Waals surface area contributed by atoms with E-state index in [-0.39, 0.29) is 5.82 Å². The molecule has 0 saturated carbocycles. The molecule has 0 aliphatic carbocycles. The zero-order valence-electron chi connectivity index (χ0n) is 10.6. The van der Waals surface area contributed by atoms with Crippen molar-refractivity contribution < 1.29 is 9.13 Å². The van der Waals surface area contributed by atoms with Crippen LogP contribution in [0.15, 0.2) is 46.9 Å². The Bertz CT molecular complexity index is 560. The lowest BCUT2D eigenvalue weighted by Crippen LogP contribution is -2.01. The first-order valence-electron chi connectivity index (χ1n) is 6.09. The third-order valence-electron chi connectivity index (χ3n) is 2.64. The quantitative estimate of drug-likeness (QED) is 0.868. The number of nitrogens with one attached hydrogen (secondary N) is 1. The van der Waals surface area contributed by atoms with Gasteiger partial charge in [0.1, 0.15) is 11.6 Å². The Morgan fingerprint density at radius 3 is 2.84 bits per heavy atom. The Labute approximate surface area is 120 Å². The molecule has 0 saturated heterocycles. The molecule has 2 aromatic rings. The van der Waals surface area contributed by atoms with Crippen molar-refractivity contribution in [2.75, 3.05) is 11.9 Å². The van der Waals surface area contributed by atoms with E-state index in [2.05, 4.69) is 21.2 Å². The van der Waals surface area contributed by atoms with Gasteiger partial charge < -0.3 is 10.1 Å². The van der Waals surface area contributed by atoms with Crippen LogP contribution in [0.5, 0.6) is 5.75 Å². The lowest BCUT2D eigenvalue weighted by Gasteiger charge is -2.10. The molecule has 0 aromatic heterocycles. The summed E-state index contributed by atoms with van der Waals surface area (Å²) < 4.78 is 19.5. The maximum Gasteiger partial charge on any atom is 0.123 e. The predicted octanol–water partition coefficient (Wildman–Crippen LogP) is 4.60. The normalized spacial score (nSPS) is 10.3. The molecule has 0 bridgehead atoms. The fourth-order valence-electron chi connectivity index (χ4n) is 1.74. The van der Waals surface area contributed by atoms with Crippen LogP contribution in [0.1, 0.15) is 12.5 Å². The second-order valence-electron chi connectivity index (χ2n) is 4.05. The first-order valence-corrected chi connectivity index (χ1v) is 6.89. The van der Waals surface area contributed by atoms with Crippen LogP contribution in [0, 0.1) is 5.82 Å². The fraction of sp³-hybridized carbons (Fsp3) is 0.200. The molecule has 0 heterocycles. The van der Waals surface area contributed by atoms with Crippen LogP contribution in [-0.4, -0.2) is 6.61 Å². The van der Waals surface area contributed by atoms with E-state index in [1.165, 1.54) is 12.1 Å². The van der Waals surface area contributed by atoms with Gasteiger partial charge in [-0.05, 0) is 42.8 Å². The van der Waals surface area contributed by atoms with Gasteiger partial charge in [0, 0.05) is 22.8 Å². The third kappa shape index (κ3) is 3.96. The summed E-state index contributed by atoms with van der Waals surface area (Å²) in [5.41, 5.74) is 1.82. The van der Waals surface area contributed by atoms with E-state index in [1.807, 2.05) is 31.2 Å². The average molecular weight is 324 g/mol. The molecule has 100 valence electrons. The van der Waals surface area contributed by atoms with Crippen molar-refractivity contribution in [3.8, 4) is 5.75 Å². The monoisotopic (exact) mass is 323 g/mol. The highest BCUT2D eigenvalue weighted by Crippen LogP contribution is 2.21. The van der Waals surface area contributed by atoms with E-state index in [0.717, 1.165) is 21.5 Å². The summed E-state index contributed by atoms with van der Waals surface area (Å²) in [4.78, 5) is 0. The van der Waals surface area contributed by atoms with Gasteiger partial charge in [-0.25, -0.2) is 4.39 Å². The van der Waals surface area contributed by atoms with Gasteiger partial charge in [0.15, 0.2) is 0 Å². The smallest absolute Gasteiger partial charge is 0.123 e. The number of halogens is 2. The van der Waals surface area contributed by atoms with Gasteiger partial charge in [-0.15, -0.1) is 0 Å². The topological polar surface area (TPSA) is 21.3 Å². The minimum atomic E-state index is -0.233. The van der Waals surface area contributed by atoms with Gasteiger partial charge in [-0.2, -0.15) is 0 Å². The Hall–Kier alpha value is -1.55. The van der Waals surface area contributed by atoms with E-state index in [0.29, 0.717) is 13.2 Å². The molecule has 0 aliphatic rings. The van der Waals surface area contributed by atoms with Gasteiger partial charge in [-0.3, -0.25) is 0 Å². The average Bonchev–Trinajstić information content (AvgIpc) is 2.41. The summed E-state index contributed by atoms with van der Waals surface area (Å²) in [6.45, 7) is 3.14. The lowest BCUT2D eigenvalue weighted by molar-refractivity contribution is 0.340. The van der Waals surface area contributed by atoms with Crippen molar-refractivity contribution in [3.63, 3.8) is 0 Å². The van der Waals surface area contributed by atoms with E-state index >= 15 is 0 Å². The number of ether oxygens (including phenoxy) is 1. The molecule has 2 aromatic carbocycles. The molecule has 0 aliphatic heterocycles. The van der Waals surface area contributed by atoms with Crippen molar-refractivity contribution in [1.82, 2.24) is 0 Å². The fourth-order valence-corrected chi connectivity index (χ4v) is 2.13. The van der Waals surface area contributed by atoms with E-state index < -0.39 is 0 Å². The number of hydrogen-bond acceptors (Lipinski definition) is 2. The maximum atomic E-state index is 13.2. The highest BCUT2D eigenvalue weighted by Gasteiger charge is 2.02. The van der Waals surface area contributed by atoms with Crippen LogP contribution >= 0.6 is 15.9 Å². The lowest BCUT2D eigenvalue weighted by atomic mass is 10.2. The Morgan fingerprint density at radius 2 is 2.05 bits per heavy atom. The molecule has 2 rings (SSSR count). The Balaban J connectivity index is 2.05. The van der Waals surface area contributed by atoms with Crippen LogP contribution in [-0.2, 0) is 6.54 Å². The van der Waals surface area contributed by atoms with Gasteiger partial charge in [0.05, 0.1) is 6.61 Å². The molecule has 0 radical (unpaired) electrons. The van der Waals surface area contributed by atoms with Crippen LogP contribution in [0.4, 0.5) is 10.1 Å². The van der Waals surface area contributed by atoms with E-state index in [1.54, 1.807) is 6.07 Å².